The van der Waals surface area contributed by atoms with Gasteiger partial charge < -0.3 is 19.5 Å². The van der Waals surface area contributed by atoms with Crippen LogP contribution in [0.2, 0.25) is 0 Å². The van der Waals surface area contributed by atoms with Crippen molar-refractivity contribution in [2.75, 3.05) is 25.1 Å². The molecule has 0 aliphatic carbocycles. The van der Waals surface area contributed by atoms with Crippen molar-refractivity contribution in [3.8, 4) is 11.8 Å². The number of carboxylic acid groups (broad SMARTS) is 1. The minimum Gasteiger partial charge on any atom is -0.497 e. The molecule has 0 saturated carbocycles. The van der Waals surface area contributed by atoms with E-state index in [-0.39, 0.29) is 6.01 Å². The summed E-state index contributed by atoms with van der Waals surface area (Å²) in [6.07, 6.45) is -1.36. The molecule has 2 heterocycles. The molecule has 1 aliphatic heterocycles. The van der Waals surface area contributed by atoms with Crippen molar-refractivity contribution in [1.82, 2.24) is 15.3 Å². The number of para-hydroxylation sites is 1. The lowest BCUT2D eigenvalue weighted by molar-refractivity contribution is -0.149. The lowest BCUT2D eigenvalue weighted by Crippen LogP contribution is -2.58. The third kappa shape index (κ3) is 5.28. The summed E-state index contributed by atoms with van der Waals surface area (Å²) in [6, 6.07) is 27.4. The van der Waals surface area contributed by atoms with E-state index in [1.807, 2.05) is 98.8 Å². The van der Waals surface area contributed by atoms with Gasteiger partial charge in [0.15, 0.2) is 0 Å². The third-order valence-electron chi connectivity index (χ3n) is 7.02. The topological polar surface area (TPSA) is 96.8 Å². The van der Waals surface area contributed by atoms with E-state index >= 15 is 0 Å². The fourth-order valence-corrected chi connectivity index (χ4v) is 5.32. The van der Waals surface area contributed by atoms with Crippen LogP contribution in [0.5, 0.6) is 11.8 Å². The Kier molecular flexibility index (Phi) is 7.47. The summed E-state index contributed by atoms with van der Waals surface area (Å²) in [6.45, 7) is 5.48. The highest BCUT2D eigenvalue weighted by Gasteiger charge is 2.51. The highest BCUT2D eigenvalue weighted by Crippen LogP contribution is 2.42. The summed E-state index contributed by atoms with van der Waals surface area (Å²) in [7, 11) is 1.65. The Morgan fingerprint density at radius 3 is 2.33 bits per heavy atom. The van der Waals surface area contributed by atoms with Crippen molar-refractivity contribution in [3.05, 3.63) is 113 Å². The first-order valence-corrected chi connectivity index (χ1v) is 12.9. The van der Waals surface area contributed by atoms with Crippen LogP contribution in [0.25, 0.3) is 0 Å². The Bertz CT molecular complexity index is 1420. The first kappa shape index (κ1) is 26.2. The number of aryl methyl sites for hydroxylation is 2. The molecule has 3 aromatic carbocycles. The molecule has 0 saturated heterocycles. The molecule has 0 unspecified atom stereocenters. The summed E-state index contributed by atoms with van der Waals surface area (Å²) in [4.78, 5) is 24.1. The van der Waals surface area contributed by atoms with Gasteiger partial charge in [-0.3, -0.25) is 5.32 Å². The molecule has 1 aromatic heterocycles. The van der Waals surface area contributed by atoms with Gasteiger partial charge in [-0.1, -0.05) is 60.7 Å². The van der Waals surface area contributed by atoms with Gasteiger partial charge in [-0.05, 0) is 49.2 Å². The molecule has 0 fully saturated rings. The maximum atomic E-state index is 13.1. The average molecular weight is 525 g/mol. The van der Waals surface area contributed by atoms with Crippen molar-refractivity contribution >= 4 is 11.7 Å². The Hall–Kier alpha value is -4.43. The van der Waals surface area contributed by atoms with Crippen LogP contribution in [0.4, 0.5) is 5.69 Å². The van der Waals surface area contributed by atoms with Crippen LogP contribution < -0.4 is 19.7 Å². The van der Waals surface area contributed by atoms with E-state index in [1.54, 1.807) is 7.11 Å². The van der Waals surface area contributed by atoms with E-state index in [2.05, 4.69) is 20.2 Å². The van der Waals surface area contributed by atoms with E-state index in [1.165, 1.54) is 0 Å². The Morgan fingerprint density at radius 2 is 1.67 bits per heavy atom. The van der Waals surface area contributed by atoms with Crippen LogP contribution in [0.3, 0.4) is 0 Å². The first-order valence-electron chi connectivity index (χ1n) is 12.9. The number of nitrogens with zero attached hydrogens (tertiary/aromatic N) is 3. The molecule has 0 spiro atoms. The van der Waals surface area contributed by atoms with Gasteiger partial charge in [0.1, 0.15) is 11.3 Å². The number of anilines is 1. The van der Waals surface area contributed by atoms with Gasteiger partial charge in [-0.2, -0.15) is 0 Å². The van der Waals surface area contributed by atoms with E-state index < -0.39 is 17.6 Å². The van der Waals surface area contributed by atoms with Gasteiger partial charge in [-0.15, -0.1) is 0 Å². The van der Waals surface area contributed by atoms with Gasteiger partial charge >= 0.3 is 12.0 Å². The van der Waals surface area contributed by atoms with E-state index in [4.69, 9.17) is 9.47 Å². The largest absolute Gasteiger partial charge is 0.497 e. The van der Waals surface area contributed by atoms with Crippen LogP contribution in [0, 0.1) is 13.8 Å². The van der Waals surface area contributed by atoms with Crippen LogP contribution in [-0.4, -0.2) is 47.3 Å². The molecular weight excluding hydrogens is 492 g/mol. The van der Waals surface area contributed by atoms with E-state index in [9.17, 15) is 9.90 Å². The predicted octanol–water partition coefficient (Wildman–Crippen LogP) is 4.49. The van der Waals surface area contributed by atoms with Crippen molar-refractivity contribution in [1.29, 1.82) is 0 Å². The van der Waals surface area contributed by atoms with Crippen LogP contribution in [-0.2, 0) is 16.9 Å². The molecule has 200 valence electrons. The Morgan fingerprint density at radius 1 is 1.00 bits per heavy atom. The van der Waals surface area contributed by atoms with Gasteiger partial charge in [0.25, 0.3) is 0 Å². The number of fused-ring (bicyclic) bond motifs is 1. The molecule has 0 radical (unpaired) electrons. The Balaban J connectivity index is 1.65. The molecule has 0 amide bonds. The number of aromatic nitrogens is 2. The van der Waals surface area contributed by atoms with Gasteiger partial charge in [0, 0.05) is 42.3 Å². The van der Waals surface area contributed by atoms with Gasteiger partial charge in [0.05, 0.1) is 7.11 Å². The predicted molar refractivity (Wildman–Crippen MR) is 149 cm³/mol. The smallest absolute Gasteiger partial charge is 0.347 e. The molecule has 39 heavy (non-hydrogen) atoms. The molecule has 4 aromatic rings. The molecule has 1 aliphatic rings. The summed E-state index contributed by atoms with van der Waals surface area (Å²) < 4.78 is 11.5. The average Bonchev–Trinajstić information content (AvgIpc) is 3.10. The molecule has 2 N–H and O–H groups in total. The number of hydrogen-bond acceptors (Lipinski definition) is 7. The quantitative estimate of drug-likeness (QED) is 0.348. The number of carbonyl (C=O) groups is 1. The highest BCUT2D eigenvalue weighted by atomic mass is 16.5. The molecule has 0 bridgehead atoms. The van der Waals surface area contributed by atoms with Crippen LogP contribution in [0.1, 0.15) is 28.1 Å². The number of nitrogens with one attached hydrogen (secondary N) is 1. The summed E-state index contributed by atoms with van der Waals surface area (Å²) in [5.41, 5.74) is 3.82. The zero-order valence-electron chi connectivity index (χ0n) is 22.3. The second-order valence-corrected chi connectivity index (χ2v) is 9.66. The minimum absolute atomic E-state index is 0.0359. The molecule has 5 rings (SSSR count). The molecule has 2 atom stereocenters. The summed E-state index contributed by atoms with van der Waals surface area (Å²) in [5, 5.41) is 14.3. The van der Waals surface area contributed by atoms with Crippen molar-refractivity contribution in [2.45, 2.75) is 32.0 Å². The minimum atomic E-state index is -1.36. The number of carboxylic acids is 1. The standard InChI is InChI=1S/C31H32N4O4/c1-21-19-22(2)34-30(33-21)39-28(29(36)37)31(24-9-5-4-6-10-24)26-11-7-8-12-27(26)35(18-17-32-31)20-23-13-15-25(38-3)16-14-23/h4-16,19,28,32H,17-18,20H2,1-3H3,(H,36,37)/t28-,31+/m1/s1. The third-order valence-corrected chi connectivity index (χ3v) is 7.02. The summed E-state index contributed by atoms with van der Waals surface area (Å²) >= 11 is 0. The maximum absolute atomic E-state index is 13.1. The monoisotopic (exact) mass is 524 g/mol. The molecule has 8 heteroatoms. The summed E-state index contributed by atoms with van der Waals surface area (Å²) in [5.74, 6) is -0.317. The number of aliphatic carboxylic acids is 1. The SMILES string of the molecule is COc1ccc(CN2CCN[C@](c3ccccc3)([C@H](Oc3nc(C)cc(C)n3)C(=O)O)c3ccccc32)cc1. The second-order valence-electron chi connectivity index (χ2n) is 9.66. The molecule has 8 nitrogen and oxygen atoms in total. The lowest BCUT2D eigenvalue weighted by Gasteiger charge is -2.40. The maximum Gasteiger partial charge on any atom is 0.347 e. The van der Waals surface area contributed by atoms with Crippen molar-refractivity contribution < 1.29 is 19.4 Å². The number of benzene rings is 3. The van der Waals surface area contributed by atoms with Crippen molar-refractivity contribution in [2.24, 2.45) is 0 Å². The first-order chi connectivity index (χ1) is 18.9. The number of rotatable bonds is 8. The van der Waals surface area contributed by atoms with Crippen LogP contribution in [0.15, 0.2) is 84.9 Å². The van der Waals surface area contributed by atoms with E-state index in [0.717, 1.165) is 28.1 Å². The zero-order valence-corrected chi connectivity index (χ0v) is 22.3. The number of methoxy groups -OCH3 is 1. The number of ether oxygens (including phenoxy) is 2. The van der Waals surface area contributed by atoms with Gasteiger partial charge in [0.2, 0.25) is 6.10 Å². The van der Waals surface area contributed by atoms with Crippen LogP contribution >= 0.6 is 0 Å². The fraction of sp³-hybridized carbons (Fsp3) is 0.258. The normalized spacial score (nSPS) is 17.6. The highest BCUT2D eigenvalue weighted by molar-refractivity contribution is 5.78. The molecular formula is C31H32N4O4. The lowest BCUT2D eigenvalue weighted by atomic mass is 9.77. The van der Waals surface area contributed by atoms with Crippen molar-refractivity contribution in [3.63, 3.8) is 0 Å². The van der Waals surface area contributed by atoms with Gasteiger partial charge in [-0.25, -0.2) is 14.8 Å². The zero-order chi connectivity index (χ0) is 27.4. The van der Waals surface area contributed by atoms with E-state index in [0.29, 0.717) is 31.0 Å². The second kappa shape index (κ2) is 11.1. The Labute approximate surface area is 228 Å². The fourth-order valence-electron chi connectivity index (χ4n) is 5.32. The number of hydrogen-bond donors (Lipinski definition) is 2.